The molecular formula is C17H17ClN4O3S. The molecule has 26 heavy (non-hydrogen) atoms. The van der Waals surface area contributed by atoms with Gasteiger partial charge in [0.2, 0.25) is 10.0 Å². The molecule has 1 fully saturated rings. The van der Waals surface area contributed by atoms with Crippen LogP contribution in [0.25, 0.3) is 10.9 Å². The second-order valence-corrected chi connectivity index (χ2v) is 8.43. The summed E-state index contributed by atoms with van der Waals surface area (Å²) in [5.41, 5.74) is 1.34. The molecule has 7 nitrogen and oxygen atoms in total. The Morgan fingerprint density at radius 3 is 2.92 bits per heavy atom. The largest absolute Gasteiger partial charge is 0.371 e. The van der Waals surface area contributed by atoms with E-state index in [2.05, 4.69) is 10.1 Å². The van der Waals surface area contributed by atoms with Crippen molar-refractivity contribution < 1.29 is 13.2 Å². The van der Waals surface area contributed by atoms with Crippen molar-refractivity contribution in [2.75, 3.05) is 19.7 Å². The molecule has 4 rings (SSSR count). The molecule has 0 N–H and O–H groups in total. The first-order chi connectivity index (χ1) is 12.5. The van der Waals surface area contributed by atoms with Crippen LogP contribution in [-0.2, 0) is 21.8 Å². The van der Waals surface area contributed by atoms with E-state index in [9.17, 15) is 8.42 Å². The topological polar surface area (TPSA) is 77.3 Å². The number of rotatable bonds is 3. The smallest absolute Gasteiger partial charge is 0.243 e. The third kappa shape index (κ3) is 2.99. The fourth-order valence-electron chi connectivity index (χ4n) is 3.13. The predicted molar refractivity (Wildman–Crippen MR) is 97.4 cm³/mol. The van der Waals surface area contributed by atoms with Crippen molar-refractivity contribution >= 4 is 32.5 Å². The van der Waals surface area contributed by atoms with Gasteiger partial charge in [0.25, 0.3) is 0 Å². The fraction of sp³-hybridized carbons (Fsp3) is 0.294. The lowest BCUT2D eigenvalue weighted by molar-refractivity contribution is -0.00257. The maximum Gasteiger partial charge on any atom is 0.243 e. The molecule has 3 aromatic rings. The molecule has 0 amide bonds. The molecule has 1 aliphatic heterocycles. The molecule has 0 spiro atoms. The summed E-state index contributed by atoms with van der Waals surface area (Å²) in [6.07, 6.45) is 4.78. The Bertz CT molecular complexity index is 1070. The van der Waals surface area contributed by atoms with E-state index in [1.54, 1.807) is 35.3 Å². The van der Waals surface area contributed by atoms with Crippen molar-refractivity contribution in [3.63, 3.8) is 0 Å². The lowest BCUT2D eigenvalue weighted by Crippen LogP contribution is -2.42. The zero-order valence-electron chi connectivity index (χ0n) is 14.0. The number of benzene rings is 1. The minimum absolute atomic E-state index is 0.205. The van der Waals surface area contributed by atoms with Gasteiger partial charge in [-0.25, -0.2) is 8.42 Å². The predicted octanol–water partition coefficient (Wildman–Crippen LogP) is 2.38. The standard InChI is InChI=1S/C17H17ClN4O3S/c1-21-10-12(9-20-21)15-11-22(7-8-25-15)26(23,24)16-5-4-14(18)17-13(16)3-2-6-19-17/h2-6,9-10,15H,7-8,11H2,1H3. The summed E-state index contributed by atoms with van der Waals surface area (Å²) in [5, 5.41) is 5.08. The quantitative estimate of drug-likeness (QED) is 0.684. The molecule has 136 valence electrons. The number of aromatic nitrogens is 3. The number of morpholine rings is 1. The van der Waals surface area contributed by atoms with Crippen LogP contribution in [0.4, 0.5) is 0 Å². The van der Waals surface area contributed by atoms with Crippen molar-refractivity contribution in [1.82, 2.24) is 19.1 Å². The number of nitrogens with zero attached hydrogens (tertiary/aromatic N) is 4. The van der Waals surface area contributed by atoms with Crippen LogP contribution < -0.4 is 0 Å². The zero-order chi connectivity index (χ0) is 18.3. The normalized spacial score (nSPS) is 19.1. The fourth-order valence-corrected chi connectivity index (χ4v) is 4.95. The molecule has 0 radical (unpaired) electrons. The van der Waals surface area contributed by atoms with Gasteiger partial charge in [-0.3, -0.25) is 9.67 Å². The zero-order valence-corrected chi connectivity index (χ0v) is 15.6. The van der Waals surface area contributed by atoms with Crippen molar-refractivity contribution in [3.8, 4) is 0 Å². The summed E-state index contributed by atoms with van der Waals surface area (Å²) >= 11 is 6.17. The first-order valence-electron chi connectivity index (χ1n) is 8.10. The number of fused-ring (bicyclic) bond motifs is 1. The molecule has 9 heteroatoms. The average molecular weight is 393 g/mol. The van der Waals surface area contributed by atoms with Crippen LogP contribution in [-0.4, -0.2) is 47.2 Å². The highest BCUT2D eigenvalue weighted by Crippen LogP contribution is 2.32. The van der Waals surface area contributed by atoms with E-state index in [0.717, 1.165) is 5.56 Å². The Morgan fingerprint density at radius 1 is 1.31 bits per heavy atom. The van der Waals surface area contributed by atoms with Crippen LogP contribution in [0.1, 0.15) is 11.7 Å². The van der Waals surface area contributed by atoms with Crippen LogP contribution in [0.3, 0.4) is 0 Å². The van der Waals surface area contributed by atoms with Gasteiger partial charge in [-0.2, -0.15) is 9.40 Å². The third-order valence-corrected chi connectivity index (χ3v) is 6.65. The van der Waals surface area contributed by atoms with Crippen LogP contribution in [0, 0.1) is 0 Å². The second kappa shape index (κ2) is 6.62. The van der Waals surface area contributed by atoms with E-state index in [0.29, 0.717) is 29.1 Å². The minimum atomic E-state index is -3.71. The maximum atomic E-state index is 13.3. The summed E-state index contributed by atoms with van der Waals surface area (Å²) in [4.78, 5) is 4.42. The van der Waals surface area contributed by atoms with Crippen LogP contribution in [0.2, 0.25) is 5.02 Å². The Kier molecular flexibility index (Phi) is 4.44. The van der Waals surface area contributed by atoms with E-state index in [4.69, 9.17) is 16.3 Å². The maximum absolute atomic E-state index is 13.3. The monoisotopic (exact) mass is 392 g/mol. The number of hydrogen-bond acceptors (Lipinski definition) is 5. The molecule has 0 bridgehead atoms. The van der Waals surface area contributed by atoms with Crippen molar-refractivity contribution in [2.24, 2.45) is 7.05 Å². The SMILES string of the molecule is Cn1cc(C2CN(S(=O)(=O)c3ccc(Cl)c4ncccc34)CCO2)cn1. The van der Waals surface area contributed by atoms with Crippen LogP contribution in [0.5, 0.6) is 0 Å². The number of aryl methyl sites for hydroxylation is 1. The molecular weight excluding hydrogens is 376 g/mol. The molecule has 1 unspecified atom stereocenters. The van der Waals surface area contributed by atoms with Gasteiger partial charge in [0.05, 0.1) is 34.3 Å². The number of halogens is 1. The van der Waals surface area contributed by atoms with Gasteiger partial charge < -0.3 is 4.74 Å². The summed E-state index contributed by atoms with van der Waals surface area (Å²) in [6.45, 7) is 0.852. The Morgan fingerprint density at radius 2 is 2.15 bits per heavy atom. The molecule has 1 atom stereocenters. The van der Waals surface area contributed by atoms with E-state index in [1.165, 1.54) is 10.4 Å². The van der Waals surface area contributed by atoms with Crippen LogP contribution >= 0.6 is 11.6 Å². The van der Waals surface area contributed by atoms with E-state index in [-0.39, 0.29) is 17.5 Å². The Labute approximate surface area is 156 Å². The Balaban J connectivity index is 1.72. The first-order valence-corrected chi connectivity index (χ1v) is 9.92. The molecule has 1 aliphatic rings. The molecule has 3 heterocycles. The van der Waals surface area contributed by atoms with Crippen molar-refractivity contribution in [1.29, 1.82) is 0 Å². The van der Waals surface area contributed by atoms with E-state index >= 15 is 0 Å². The van der Waals surface area contributed by atoms with Gasteiger partial charge in [0.15, 0.2) is 0 Å². The van der Waals surface area contributed by atoms with Crippen LogP contribution in [0.15, 0.2) is 47.8 Å². The minimum Gasteiger partial charge on any atom is -0.371 e. The van der Waals surface area contributed by atoms with Gasteiger partial charge in [0.1, 0.15) is 0 Å². The van der Waals surface area contributed by atoms with Gasteiger partial charge >= 0.3 is 0 Å². The number of ether oxygens (including phenoxy) is 1. The summed E-state index contributed by atoms with van der Waals surface area (Å²) in [6, 6.07) is 6.54. The molecule has 2 aromatic heterocycles. The molecule has 0 aliphatic carbocycles. The number of sulfonamides is 1. The first kappa shape index (κ1) is 17.4. The average Bonchev–Trinajstić information content (AvgIpc) is 3.09. The van der Waals surface area contributed by atoms with E-state index in [1.807, 2.05) is 13.2 Å². The molecule has 1 aromatic carbocycles. The molecule has 1 saturated heterocycles. The van der Waals surface area contributed by atoms with Gasteiger partial charge in [-0.15, -0.1) is 0 Å². The summed E-state index contributed by atoms with van der Waals surface area (Å²) in [7, 11) is -1.90. The second-order valence-electron chi connectivity index (χ2n) is 6.11. The van der Waals surface area contributed by atoms with Gasteiger partial charge in [-0.1, -0.05) is 11.6 Å². The molecule has 0 saturated carbocycles. The summed E-state index contributed by atoms with van der Waals surface area (Å²) < 4.78 is 35.4. The highest BCUT2D eigenvalue weighted by atomic mass is 35.5. The Hall–Kier alpha value is -2.00. The van der Waals surface area contributed by atoms with Gasteiger partial charge in [0, 0.05) is 43.5 Å². The number of hydrogen-bond donors (Lipinski definition) is 0. The van der Waals surface area contributed by atoms with E-state index < -0.39 is 10.0 Å². The number of pyridine rings is 1. The third-order valence-electron chi connectivity index (χ3n) is 4.42. The highest BCUT2D eigenvalue weighted by molar-refractivity contribution is 7.89. The highest BCUT2D eigenvalue weighted by Gasteiger charge is 2.33. The lowest BCUT2D eigenvalue weighted by Gasteiger charge is -2.32. The van der Waals surface area contributed by atoms with Crippen molar-refractivity contribution in [2.45, 2.75) is 11.0 Å². The van der Waals surface area contributed by atoms with Gasteiger partial charge in [-0.05, 0) is 24.3 Å². The summed E-state index contributed by atoms with van der Waals surface area (Å²) in [5.74, 6) is 0. The lowest BCUT2D eigenvalue weighted by atomic mass is 10.2. The van der Waals surface area contributed by atoms with Crippen molar-refractivity contribution in [3.05, 3.63) is 53.4 Å².